The summed E-state index contributed by atoms with van der Waals surface area (Å²) in [5.41, 5.74) is 5.53. The van der Waals surface area contributed by atoms with Gasteiger partial charge in [-0.2, -0.15) is 0 Å². The fourth-order valence-electron chi connectivity index (χ4n) is 5.94. The van der Waals surface area contributed by atoms with Gasteiger partial charge in [0.25, 0.3) is 5.91 Å². The number of hydrogen-bond acceptors (Lipinski definition) is 7. The number of nitrogens with two attached hydrogens (primary N) is 1. The molecule has 3 N–H and O–H groups in total. The molecule has 0 aromatic heterocycles. The number of halogens is 3. The average Bonchev–Trinajstić information content (AvgIpc) is 3.28. The van der Waals surface area contributed by atoms with Gasteiger partial charge in [-0.05, 0) is 82.8 Å². The summed E-state index contributed by atoms with van der Waals surface area (Å²) < 4.78 is 68.7. The van der Waals surface area contributed by atoms with Crippen molar-refractivity contribution in [2.45, 2.75) is 75.0 Å². The molecule has 1 aliphatic carbocycles. The maximum Gasteiger partial charge on any atom is 0.573 e. The Hall–Kier alpha value is -3.32. The Morgan fingerprint density at radius 2 is 1.83 bits per heavy atom. The van der Waals surface area contributed by atoms with Crippen LogP contribution in [-0.2, 0) is 14.6 Å². The second kappa shape index (κ2) is 12.5. The lowest BCUT2D eigenvalue weighted by Gasteiger charge is -2.44. The minimum atomic E-state index is -4.95. The zero-order valence-corrected chi connectivity index (χ0v) is 24.6. The van der Waals surface area contributed by atoms with Gasteiger partial charge in [0.1, 0.15) is 11.8 Å². The van der Waals surface area contributed by atoms with Crippen molar-refractivity contribution in [2.75, 3.05) is 25.1 Å². The molecule has 13 heteroatoms. The van der Waals surface area contributed by atoms with Gasteiger partial charge >= 0.3 is 6.36 Å². The first-order valence-electron chi connectivity index (χ1n) is 13.9. The molecular weight excluding hydrogens is 573 g/mol. The van der Waals surface area contributed by atoms with Crippen LogP contribution in [0, 0.1) is 5.92 Å². The van der Waals surface area contributed by atoms with Crippen molar-refractivity contribution < 1.29 is 35.9 Å². The summed E-state index contributed by atoms with van der Waals surface area (Å²) in [6.07, 6.45) is -2.70. The van der Waals surface area contributed by atoms with Crippen molar-refractivity contribution >= 4 is 27.3 Å². The number of nitrogens with zero attached hydrogens (tertiary/aromatic N) is 2. The van der Waals surface area contributed by atoms with Crippen LogP contribution in [0.5, 0.6) is 5.75 Å². The predicted molar refractivity (Wildman–Crippen MR) is 151 cm³/mol. The molecule has 0 bridgehead atoms. The third-order valence-electron chi connectivity index (χ3n) is 8.29. The normalized spacial score (nSPS) is 23.4. The van der Waals surface area contributed by atoms with Crippen LogP contribution >= 0.6 is 0 Å². The molecule has 2 fully saturated rings. The molecule has 1 aliphatic heterocycles. The first-order chi connectivity index (χ1) is 19.7. The highest BCUT2D eigenvalue weighted by molar-refractivity contribution is 7.91. The van der Waals surface area contributed by atoms with Gasteiger partial charge < -0.3 is 25.6 Å². The summed E-state index contributed by atoms with van der Waals surface area (Å²) >= 11 is 0. The van der Waals surface area contributed by atoms with Crippen LogP contribution in [0.25, 0.3) is 0 Å². The van der Waals surface area contributed by atoms with Crippen LogP contribution in [0.4, 0.5) is 18.9 Å². The van der Waals surface area contributed by atoms with Crippen LogP contribution < -0.4 is 15.8 Å². The second-order valence-corrected chi connectivity index (χ2v) is 13.3. The molecule has 2 unspecified atom stereocenters. The van der Waals surface area contributed by atoms with E-state index in [1.165, 1.54) is 0 Å². The van der Waals surface area contributed by atoms with E-state index in [9.17, 15) is 31.2 Å². The molecule has 4 rings (SSSR count). The Kier molecular flexibility index (Phi) is 9.41. The first-order valence-corrected chi connectivity index (χ1v) is 15.6. The molecule has 1 heterocycles. The fraction of sp³-hybridized carbons (Fsp3) is 0.517. The average molecular weight is 611 g/mol. The van der Waals surface area contributed by atoms with Crippen molar-refractivity contribution in [3.63, 3.8) is 0 Å². The van der Waals surface area contributed by atoms with Crippen LogP contribution in [0.3, 0.4) is 0 Å². The lowest BCUT2D eigenvalue weighted by Crippen LogP contribution is -2.53. The van der Waals surface area contributed by atoms with E-state index in [1.54, 1.807) is 35.2 Å². The molecule has 0 spiro atoms. The van der Waals surface area contributed by atoms with Crippen LogP contribution in [-0.4, -0.2) is 79.9 Å². The van der Waals surface area contributed by atoms with Crippen LogP contribution in [0.15, 0.2) is 53.4 Å². The Labute approximate surface area is 244 Å². The highest BCUT2D eigenvalue weighted by Gasteiger charge is 2.44. The number of hydrogen-bond donors (Lipinski definition) is 2. The molecular formula is C29H37F3N4O5S. The minimum Gasteiger partial charge on any atom is -0.406 e. The maximum absolute atomic E-state index is 13.6. The number of nitrogens with one attached hydrogen (secondary N) is 1. The van der Waals surface area contributed by atoms with Gasteiger partial charge in [0, 0.05) is 30.4 Å². The molecule has 0 radical (unpaired) electrons. The number of alkyl halides is 3. The van der Waals surface area contributed by atoms with Gasteiger partial charge in [-0.1, -0.05) is 18.2 Å². The monoisotopic (exact) mass is 610 g/mol. The van der Waals surface area contributed by atoms with E-state index in [2.05, 4.69) is 28.8 Å². The third-order valence-corrected chi connectivity index (χ3v) is 10.1. The summed E-state index contributed by atoms with van der Waals surface area (Å²) in [4.78, 5) is 30.7. The van der Waals surface area contributed by atoms with Gasteiger partial charge in [-0.3, -0.25) is 9.59 Å². The smallest absolute Gasteiger partial charge is 0.406 e. The van der Waals surface area contributed by atoms with E-state index in [0.717, 1.165) is 24.6 Å². The maximum atomic E-state index is 13.6. The second-order valence-electron chi connectivity index (χ2n) is 11.3. The third kappa shape index (κ3) is 7.35. The molecule has 42 heavy (non-hydrogen) atoms. The van der Waals surface area contributed by atoms with Crippen molar-refractivity contribution in [1.82, 2.24) is 15.1 Å². The molecule has 2 aromatic carbocycles. The number of nitrogen functional groups attached to an aromatic ring is 1. The van der Waals surface area contributed by atoms with Crippen molar-refractivity contribution in [3.05, 3.63) is 54.1 Å². The number of ether oxygens (including phenoxy) is 1. The molecule has 2 aromatic rings. The van der Waals surface area contributed by atoms with Crippen molar-refractivity contribution in [1.29, 1.82) is 0 Å². The molecule has 2 aliphatic rings. The van der Waals surface area contributed by atoms with Crippen LogP contribution in [0.1, 0.15) is 49.9 Å². The van der Waals surface area contributed by atoms with Gasteiger partial charge in [-0.15, -0.1) is 13.2 Å². The number of rotatable bonds is 9. The zero-order valence-electron chi connectivity index (χ0n) is 23.8. The topological polar surface area (TPSA) is 122 Å². The molecule has 4 atom stereocenters. The Morgan fingerprint density at radius 1 is 1.14 bits per heavy atom. The standard InChI is InChI=1S/C29H37F3N4O5S/c1-18(2)35(3)20-9-12-26(19(15-20)17-42(39,40)22-7-5-4-6-8-22)36-14-13-25(28(36)38)34-27(37)23-16-21(10-11-24(23)33)41-29(30,31)32/h4-8,10-11,16,18-20,25-26H,9,12-15,17,33H2,1-3H3,(H,34,37)/t19-,20?,25+,26?/m0/s1. The number of carbonyl (C=O) groups is 2. The van der Waals surface area contributed by atoms with E-state index in [4.69, 9.17) is 5.73 Å². The number of likely N-dealkylation sites (tertiary alicyclic amines) is 1. The van der Waals surface area contributed by atoms with Crippen molar-refractivity contribution in [3.8, 4) is 5.75 Å². The lowest BCUT2D eigenvalue weighted by atomic mass is 9.81. The molecule has 1 saturated heterocycles. The summed E-state index contributed by atoms with van der Waals surface area (Å²) in [7, 11) is -1.61. The number of carbonyl (C=O) groups excluding carboxylic acids is 2. The number of amides is 2. The van der Waals surface area contributed by atoms with E-state index >= 15 is 0 Å². The SMILES string of the molecule is CC(C)N(C)C1CCC(N2CC[C@@H](NC(=O)c3cc(OC(F)(F)F)ccc3N)C2=O)[C@H](CS(=O)(=O)c2ccccc2)C1. The summed E-state index contributed by atoms with van der Waals surface area (Å²) in [6.45, 7) is 4.47. The van der Waals surface area contributed by atoms with Gasteiger partial charge in [0.05, 0.1) is 16.2 Å². The first kappa shape index (κ1) is 31.6. The Bertz CT molecular complexity index is 1390. The largest absolute Gasteiger partial charge is 0.573 e. The van der Waals surface area contributed by atoms with Gasteiger partial charge in [0.15, 0.2) is 9.84 Å². The summed E-state index contributed by atoms with van der Waals surface area (Å²) in [6, 6.07) is 10.4. The molecule has 1 saturated carbocycles. The zero-order chi connectivity index (χ0) is 30.8. The minimum absolute atomic E-state index is 0.0666. The lowest BCUT2D eigenvalue weighted by molar-refractivity contribution is -0.274. The summed E-state index contributed by atoms with van der Waals surface area (Å²) in [5, 5.41) is 2.60. The van der Waals surface area contributed by atoms with E-state index in [-0.39, 0.29) is 58.3 Å². The molecule has 9 nitrogen and oxygen atoms in total. The summed E-state index contributed by atoms with van der Waals surface area (Å²) in [5.74, 6) is -2.21. The fourth-order valence-corrected chi connectivity index (χ4v) is 7.63. The Balaban J connectivity index is 1.51. The van der Waals surface area contributed by atoms with Crippen LogP contribution in [0.2, 0.25) is 0 Å². The Morgan fingerprint density at radius 3 is 2.48 bits per heavy atom. The quantitative estimate of drug-likeness (QED) is 0.414. The van der Waals surface area contributed by atoms with Gasteiger partial charge in [-0.25, -0.2) is 8.42 Å². The number of sulfone groups is 1. The highest BCUT2D eigenvalue weighted by atomic mass is 32.2. The molecule has 2 amide bonds. The van der Waals surface area contributed by atoms with E-state index in [0.29, 0.717) is 19.4 Å². The van der Waals surface area contributed by atoms with Gasteiger partial charge in [0.2, 0.25) is 5.91 Å². The van der Waals surface area contributed by atoms with E-state index < -0.39 is 33.9 Å². The number of anilines is 1. The predicted octanol–water partition coefficient (Wildman–Crippen LogP) is 3.85. The highest BCUT2D eigenvalue weighted by Crippen LogP contribution is 2.36. The van der Waals surface area contributed by atoms with Crippen molar-refractivity contribution in [2.24, 2.45) is 5.92 Å². The molecule has 230 valence electrons. The van der Waals surface area contributed by atoms with E-state index in [1.807, 2.05) is 7.05 Å². The number of benzene rings is 2.